The maximum Gasteiger partial charge on any atom is 0.230 e. The molecule has 2 aliphatic carbocycles. The van der Waals surface area contributed by atoms with Crippen LogP contribution in [0.4, 0.5) is 0 Å². The third kappa shape index (κ3) is 9.82. The topological polar surface area (TPSA) is 128 Å². The van der Waals surface area contributed by atoms with Gasteiger partial charge >= 0.3 is 0 Å². The second-order valence-electron chi connectivity index (χ2n) is 15.4. The van der Waals surface area contributed by atoms with Gasteiger partial charge in [-0.25, -0.2) is 0 Å². The summed E-state index contributed by atoms with van der Waals surface area (Å²) in [5.41, 5.74) is 6.88. The molecule has 11 heteroatoms. The molecule has 2 aromatic heterocycles. The van der Waals surface area contributed by atoms with Crippen LogP contribution < -0.4 is 9.47 Å². The van der Waals surface area contributed by atoms with E-state index < -0.39 is 5.79 Å². The van der Waals surface area contributed by atoms with Gasteiger partial charge in [0.25, 0.3) is 0 Å². The number of hydrogen-bond acceptors (Lipinski definition) is 11. The first-order valence-electron chi connectivity index (χ1n) is 20.7. The second-order valence-corrected chi connectivity index (χ2v) is 16.7. The van der Waals surface area contributed by atoms with Gasteiger partial charge in [0.05, 0.1) is 34.9 Å². The lowest BCUT2D eigenvalue weighted by molar-refractivity contribution is -0.223. The van der Waals surface area contributed by atoms with Crippen molar-refractivity contribution in [3.05, 3.63) is 138 Å². The number of nitrogens with zero attached hydrogens (tertiary/aromatic N) is 4. The summed E-state index contributed by atoms with van der Waals surface area (Å²) in [7, 11) is 0. The highest BCUT2D eigenvalue weighted by Crippen LogP contribution is 2.62. The average molecular weight is 805 g/mol. The zero-order valence-corrected chi connectivity index (χ0v) is 34.3. The van der Waals surface area contributed by atoms with Crippen LogP contribution in [0.1, 0.15) is 79.1 Å². The Labute approximate surface area is 346 Å². The lowest BCUT2D eigenvalue weighted by Crippen LogP contribution is -2.64. The van der Waals surface area contributed by atoms with E-state index in [1.165, 1.54) is 0 Å². The summed E-state index contributed by atoms with van der Waals surface area (Å²) in [6, 6.07) is 22.3. The molecule has 1 aliphatic heterocycles. The van der Waals surface area contributed by atoms with E-state index in [1.807, 2.05) is 85.5 Å². The smallest absolute Gasteiger partial charge is 0.230 e. The number of aliphatic hydroxyl groups excluding tert-OH is 2. The molecule has 4 aromatic rings. The summed E-state index contributed by atoms with van der Waals surface area (Å²) in [6.07, 6.45) is 15.9. The molecule has 0 amide bonds. The van der Waals surface area contributed by atoms with Crippen molar-refractivity contribution in [2.45, 2.75) is 88.5 Å². The Morgan fingerprint density at radius 3 is 2.59 bits per heavy atom. The predicted molar refractivity (Wildman–Crippen MR) is 228 cm³/mol. The largest absolute Gasteiger partial charge is 0.487 e. The number of oxime groups is 1. The van der Waals surface area contributed by atoms with Crippen LogP contribution in [0, 0.1) is 24.7 Å². The van der Waals surface area contributed by atoms with Gasteiger partial charge in [-0.1, -0.05) is 66.5 Å². The minimum atomic E-state index is -1.05. The highest BCUT2D eigenvalue weighted by Gasteiger charge is 2.64. The molecule has 2 N–H and O–H groups in total. The molecule has 2 aromatic carbocycles. The summed E-state index contributed by atoms with van der Waals surface area (Å²) >= 11 is 1.82. The van der Waals surface area contributed by atoms with E-state index in [9.17, 15) is 10.2 Å². The third-order valence-electron chi connectivity index (χ3n) is 11.5. The van der Waals surface area contributed by atoms with E-state index in [4.69, 9.17) is 24.2 Å². The highest BCUT2D eigenvalue weighted by molar-refractivity contribution is 8.00. The van der Waals surface area contributed by atoms with Gasteiger partial charge in [-0.3, -0.25) is 15.0 Å². The van der Waals surface area contributed by atoms with Crippen molar-refractivity contribution in [3.63, 3.8) is 0 Å². The Hall–Kier alpha value is -4.55. The van der Waals surface area contributed by atoms with Crippen LogP contribution in [0.15, 0.2) is 115 Å². The maximum absolute atomic E-state index is 9.95. The van der Waals surface area contributed by atoms with Gasteiger partial charge in [0, 0.05) is 61.8 Å². The van der Waals surface area contributed by atoms with Gasteiger partial charge in [0.2, 0.25) is 5.79 Å². The molecule has 3 aliphatic rings. The van der Waals surface area contributed by atoms with Crippen LogP contribution in [-0.2, 0) is 29.2 Å². The van der Waals surface area contributed by atoms with Crippen molar-refractivity contribution in [1.29, 1.82) is 0 Å². The Kier molecular flexibility index (Phi) is 14.7. The zero-order valence-electron chi connectivity index (χ0n) is 33.5. The first kappa shape index (κ1) is 41.6. The molecule has 0 saturated heterocycles. The van der Waals surface area contributed by atoms with E-state index >= 15 is 0 Å². The van der Waals surface area contributed by atoms with Gasteiger partial charge in [0.15, 0.2) is 0 Å². The monoisotopic (exact) mass is 804 g/mol. The molecule has 7 rings (SSSR count). The Morgan fingerprint density at radius 1 is 0.966 bits per heavy atom. The Bertz CT molecular complexity index is 2000. The maximum atomic E-state index is 9.95. The first-order chi connectivity index (χ1) is 28.5. The number of fused-ring (bicyclic) bond motifs is 2. The van der Waals surface area contributed by atoms with Crippen molar-refractivity contribution in [2.24, 2.45) is 22.9 Å². The molecular weight excluding hydrogens is 749 g/mol. The summed E-state index contributed by atoms with van der Waals surface area (Å²) in [6.45, 7) is 7.36. The Balaban J connectivity index is 1.34. The fourth-order valence-corrected chi connectivity index (χ4v) is 10.3. The number of aromatic nitrogens is 3. The van der Waals surface area contributed by atoms with Gasteiger partial charge in [-0.05, 0) is 91.7 Å². The number of unbranched alkanes of at least 4 members (excludes halogenated alkanes) is 2. The quantitative estimate of drug-likeness (QED) is 0.0480. The molecule has 1 saturated carbocycles. The molecule has 1 fully saturated rings. The molecule has 0 spiro atoms. The summed E-state index contributed by atoms with van der Waals surface area (Å²) in [5.74, 6) is 1.37. The van der Waals surface area contributed by atoms with E-state index in [-0.39, 0.29) is 42.1 Å². The number of hydrogen-bond donors (Lipinski definition) is 2. The van der Waals surface area contributed by atoms with Crippen LogP contribution in [0.5, 0.6) is 11.5 Å². The number of aliphatic hydroxyl groups is 2. The van der Waals surface area contributed by atoms with Crippen LogP contribution in [0.25, 0.3) is 0 Å². The molecule has 0 radical (unpaired) electrons. The SMILES string of the molecule is C=CCO[C@@]12Oc3ccc(OCc4cccc(C)n4)cc3[C@H]3[C@H](CCCCO)[C@@H](CCCCO)C=C(C(=NOCc4ccccc4)C[C@@H]1SCCc1cnccn1)[C@H]32. The lowest BCUT2D eigenvalue weighted by Gasteiger charge is -2.58. The van der Waals surface area contributed by atoms with E-state index in [1.54, 1.807) is 18.5 Å². The van der Waals surface area contributed by atoms with Crippen LogP contribution in [0.3, 0.4) is 0 Å². The number of aryl methyl sites for hydroxylation is 2. The highest BCUT2D eigenvalue weighted by atomic mass is 32.2. The second kappa shape index (κ2) is 20.4. The summed E-state index contributed by atoms with van der Waals surface area (Å²) < 4.78 is 20.9. The molecule has 0 unspecified atom stereocenters. The van der Waals surface area contributed by atoms with Crippen LogP contribution in [0.2, 0.25) is 0 Å². The zero-order chi connectivity index (χ0) is 40.2. The van der Waals surface area contributed by atoms with E-state index in [2.05, 4.69) is 33.7 Å². The first-order valence-corrected chi connectivity index (χ1v) is 21.7. The van der Waals surface area contributed by atoms with Crippen molar-refractivity contribution >= 4 is 17.5 Å². The van der Waals surface area contributed by atoms with Crippen LogP contribution >= 0.6 is 11.8 Å². The molecule has 58 heavy (non-hydrogen) atoms. The number of pyridine rings is 1. The van der Waals surface area contributed by atoms with Crippen molar-refractivity contribution in [1.82, 2.24) is 15.0 Å². The molecule has 0 bridgehead atoms. The number of ether oxygens (including phenoxy) is 3. The van der Waals surface area contributed by atoms with Crippen molar-refractivity contribution in [3.8, 4) is 11.5 Å². The number of allylic oxidation sites excluding steroid dienone is 1. The fraction of sp³-hybridized carbons (Fsp3) is 0.447. The predicted octanol–water partition coefficient (Wildman–Crippen LogP) is 8.57. The fourth-order valence-electron chi connectivity index (χ4n) is 8.93. The van der Waals surface area contributed by atoms with Gasteiger partial charge in [0.1, 0.15) is 24.7 Å². The summed E-state index contributed by atoms with van der Waals surface area (Å²) in [4.78, 5) is 19.7. The molecular formula is C47H56N4O6S. The summed E-state index contributed by atoms with van der Waals surface area (Å²) in [5, 5.41) is 24.6. The third-order valence-corrected chi connectivity index (χ3v) is 12.8. The van der Waals surface area contributed by atoms with Gasteiger partial charge < -0.3 is 29.3 Å². The molecule has 10 nitrogen and oxygen atoms in total. The number of benzene rings is 2. The van der Waals surface area contributed by atoms with Gasteiger partial charge in [-0.2, -0.15) is 11.8 Å². The van der Waals surface area contributed by atoms with E-state index in [0.29, 0.717) is 26.2 Å². The minimum absolute atomic E-state index is 0.0326. The standard InChI is InChI=1S/C47H56N4O6S/c1-3-25-55-47-44(58-26-20-36-30-48-21-22-49-36)29-42(51-56-31-34-13-5-4-6-14-34)40-27-35(15-7-9-23-52)39(17-8-10-24-53)45(46(40)47)41-28-38(18-19-43(41)57-47)54-32-37-16-11-12-33(2)50-37/h3-6,11-14,16,18-19,21-22,27-28,30,35,39,44-46,52-53H,1,7-10,15,17,20,23-26,29,31-32H2,2H3/t35-,39+,44-,45+,46+,47+/m0/s1. The van der Waals surface area contributed by atoms with Crippen molar-refractivity contribution < 1.29 is 29.3 Å². The lowest BCUT2D eigenvalue weighted by atomic mass is 9.56. The average Bonchev–Trinajstić information content (AvgIpc) is 3.25. The molecule has 3 heterocycles. The Morgan fingerprint density at radius 2 is 1.81 bits per heavy atom. The van der Waals surface area contributed by atoms with Crippen molar-refractivity contribution in [2.75, 3.05) is 25.6 Å². The minimum Gasteiger partial charge on any atom is -0.487 e. The number of thioether (sulfide) groups is 1. The molecule has 306 valence electrons. The molecule has 6 atom stereocenters. The van der Waals surface area contributed by atoms with Crippen LogP contribution in [-0.4, -0.2) is 67.5 Å². The van der Waals surface area contributed by atoms with Gasteiger partial charge in [-0.15, -0.1) is 6.58 Å². The number of rotatable bonds is 21. The normalized spacial score (nSPS) is 23.9. The van der Waals surface area contributed by atoms with E-state index in [0.717, 1.165) is 102 Å².